The maximum absolute atomic E-state index is 4.76. The van der Waals surface area contributed by atoms with Gasteiger partial charge < -0.3 is 0 Å². The fourth-order valence-corrected chi connectivity index (χ4v) is 7.32. The van der Waals surface area contributed by atoms with Gasteiger partial charge in [-0.15, -0.1) is 0 Å². The highest BCUT2D eigenvalue weighted by molar-refractivity contribution is 8.02. The van der Waals surface area contributed by atoms with Crippen LogP contribution in [0.3, 0.4) is 0 Å². The summed E-state index contributed by atoms with van der Waals surface area (Å²) in [6, 6.07) is 17.5. The Kier molecular flexibility index (Phi) is 14.1. The molecule has 7 heteroatoms. The molecule has 2 unspecified atom stereocenters. The zero-order valence-electron chi connectivity index (χ0n) is 16.4. The van der Waals surface area contributed by atoms with Gasteiger partial charge in [-0.05, 0) is 22.3 Å². The average molecular weight is 519 g/mol. The predicted octanol–water partition coefficient (Wildman–Crippen LogP) is 7.04. The quantitative estimate of drug-likeness (QED) is 0.198. The van der Waals surface area contributed by atoms with Gasteiger partial charge in [0.1, 0.15) is 0 Å². The van der Waals surface area contributed by atoms with E-state index in [0.717, 1.165) is 46.0 Å². The maximum Gasteiger partial charge on any atom is 0.0198 e. The van der Waals surface area contributed by atoms with Gasteiger partial charge in [0.2, 0.25) is 0 Å². The lowest BCUT2D eigenvalue weighted by atomic mass is 10.2. The summed E-state index contributed by atoms with van der Waals surface area (Å²) in [6.45, 7) is 0. The monoisotopic (exact) mass is 518 g/mol. The molecule has 0 spiro atoms. The molecule has 2 aromatic rings. The van der Waals surface area contributed by atoms with Crippen LogP contribution in [0.2, 0.25) is 0 Å². The number of thioether (sulfide) groups is 3. The van der Waals surface area contributed by atoms with Crippen molar-refractivity contribution in [3.63, 3.8) is 0 Å². The van der Waals surface area contributed by atoms with Crippen LogP contribution in [0.5, 0.6) is 0 Å². The van der Waals surface area contributed by atoms with Crippen molar-refractivity contribution >= 4 is 85.8 Å². The molecule has 2 rings (SSSR count). The fourth-order valence-electron chi connectivity index (χ4n) is 2.54. The van der Waals surface area contributed by atoms with Crippen LogP contribution in [-0.2, 0) is 23.0 Å². The van der Waals surface area contributed by atoms with E-state index in [9.17, 15) is 0 Å². The highest BCUT2D eigenvalue weighted by Crippen LogP contribution is 2.22. The summed E-state index contributed by atoms with van der Waals surface area (Å²) in [4.78, 5) is 0. The Bertz CT molecular complexity index is 613. The van der Waals surface area contributed by atoms with Crippen LogP contribution in [-0.4, -0.2) is 33.5 Å². The molecule has 0 aliphatic heterocycles. The number of benzene rings is 2. The SMILES string of the molecule is SCc1ccc(CSCC(S)CSCC(S)CSCc2ccc(CS)cc2)cc1. The van der Waals surface area contributed by atoms with Gasteiger partial charge in [-0.2, -0.15) is 85.8 Å². The molecule has 0 saturated carbocycles. The van der Waals surface area contributed by atoms with Crippen LogP contribution >= 0.6 is 85.8 Å². The summed E-state index contributed by atoms with van der Waals surface area (Å²) in [5, 5.41) is 0.862. The second kappa shape index (κ2) is 15.7. The second-order valence-corrected chi connectivity index (χ2v) is 12.1. The largest absolute Gasteiger partial charge is 0.175 e. The van der Waals surface area contributed by atoms with Crippen molar-refractivity contribution < 1.29 is 0 Å². The van der Waals surface area contributed by atoms with Gasteiger partial charge in [-0.3, -0.25) is 0 Å². The van der Waals surface area contributed by atoms with Gasteiger partial charge in [0.05, 0.1) is 0 Å². The molecule has 2 aromatic carbocycles. The number of rotatable bonds is 14. The van der Waals surface area contributed by atoms with Crippen LogP contribution in [0.25, 0.3) is 0 Å². The number of thiol groups is 4. The topological polar surface area (TPSA) is 0 Å². The molecule has 0 radical (unpaired) electrons. The highest BCUT2D eigenvalue weighted by atomic mass is 32.2. The van der Waals surface area contributed by atoms with Crippen molar-refractivity contribution in [2.45, 2.75) is 33.5 Å². The van der Waals surface area contributed by atoms with Gasteiger partial charge in [0, 0.05) is 56.5 Å². The average Bonchev–Trinajstić information content (AvgIpc) is 2.75. The van der Waals surface area contributed by atoms with Crippen LogP contribution in [0.15, 0.2) is 48.5 Å². The smallest absolute Gasteiger partial charge is 0.0198 e. The first-order chi connectivity index (χ1) is 14.1. The van der Waals surface area contributed by atoms with E-state index in [2.05, 4.69) is 73.8 Å². The van der Waals surface area contributed by atoms with Crippen LogP contribution < -0.4 is 0 Å². The number of hydrogen-bond donors (Lipinski definition) is 4. The summed E-state index contributed by atoms with van der Waals surface area (Å²) >= 11 is 24.0. The Hall–Kier alpha value is 0.890. The van der Waals surface area contributed by atoms with Crippen molar-refractivity contribution in [2.24, 2.45) is 0 Å². The molecule has 0 amide bonds. The minimum Gasteiger partial charge on any atom is -0.175 e. The van der Waals surface area contributed by atoms with Gasteiger partial charge in [0.15, 0.2) is 0 Å². The molecule has 0 nitrogen and oxygen atoms in total. The lowest BCUT2D eigenvalue weighted by Gasteiger charge is -2.13. The zero-order valence-corrected chi connectivity index (χ0v) is 22.5. The molecular weight excluding hydrogens is 489 g/mol. The lowest BCUT2D eigenvalue weighted by molar-refractivity contribution is 1.12. The second-order valence-electron chi connectivity index (χ2n) is 6.82. The minimum atomic E-state index is 0.431. The van der Waals surface area contributed by atoms with Crippen molar-refractivity contribution in [3.8, 4) is 0 Å². The fraction of sp³-hybridized carbons (Fsp3) is 0.455. The van der Waals surface area contributed by atoms with Gasteiger partial charge in [-0.1, -0.05) is 48.5 Å². The molecule has 0 aromatic heterocycles. The van der Waals surface area contributed by atoms with E-state index in [0.29, 0.717) is 10.5 Å². The van der Waals surface area contributed by atoms with Gasteiger partial charge in [0.25, 0.3) is 0 Å². The maximum atomic E-state index is 4.76. The van der Waals surface area contributed by atoms with E-state index in [-0.39, 0.29) is 0 Å². The molecular formula is C22H30S7. The highest BCUT2D eigenvalue weighted by Gasteiger charge is 2.08. The van der Waals surface area contributed by atoms with Crippen LogP contribution in [0.1, 0.15) is 22.3 Å². The number of hydrogen-bond acceptors (Lipinski definition) is 7. The third-order valence-electron chi connectivity index (χ3n) is 4.19. The van der Waals surface area contributed by atoms with Gasteiger partial charge >= 0.3 is 0 Å². The Morgan fingerprint density at radius 2 is 0.828 bits per heavy atom. The van der Waals surface area contributed by atoms with Gasteiger partial charge in [-0.25, -0.2) is 0 Å². The molecule has 0 aliphatic rings. The van der Waals surface area contributed by atoms with E-state index >= 15 is 0 Å². The van der Waals surface area contributed by atoms with E-state index < -0.39 is 0 Å². The predicted molar refractivity (Wildman–Crippen MR) is 153 cm³/mol. The first-order valence-electron chi connectivity index (χ1n) is 9.57. The molecule has 0 heterocycles. The van der Waals surface area contributed by atoms with Crippen molar-refractivity contribution in [1.29, 1.82) is 0 Å². The standard InChI is InChI=1S/C22H30S7/c23-9-17-1-5-19(6-2-17)11-27-13-21(25)15-29-16-22(26)14-28-12-20-7-3-18(10-24)4-8-20/h1-8,21-26H,9-16H2. The molecule has 0 fully saturated rings. The molecule has 0 aliphatic carbocycles. The minimum absolute atomic E-state index is 0.431. The van der Waals surface area contributed by atoms with E-state index in [4.69, 9.17) is 25.3 Å². The van der Waals surface area contributed by atoms with Crippen LogP contribution in [0, 0.1) is 0 Å². The van der Waals surface area contributed by atoms with E-state index in [1.165, 1.54) is 22.3 Å². The third-order valence-corrected chi connectivity index (χ3v) is 10.3. The molecule has 160 valence electrons. The summed E-state index contributed by atoms with van der Waals surface area (Å²) in [5.41, 5.74) is 5.30. The summed E-state index contributed by atoms with van der Waals surface area (Å²) < 4.78 is 0. The summed E-state index contributed by atoms with van der Waals surface area (Å²) in [6.07, 6.45) is 0. The Balaban J connectivity index is 1.51. The Morgan fingerprint density at radius 1 is 0.517 bits per heavy atom. The molecule has 29 heavy (non-hydrogen) atoms. The van der Waals surface area contributed by atoms with Crippen molar-refractivity contribution in [3.05, 3.63) is 70.8 Å². The normalized spacial score (nSPS) is 13.4. The third kappa shape index (κ3) is 11.4. The first-order valence-corrected chi connectivity index (χ1v) is 15.3. The van der Waals surface area contributed by atoms with E-state index in [1.807, 2.05) is 35.3 Å². The Labute approximate surface area is 211 Å². The summed E-state index contributed by atoms with van der Waals surface area (Å²) in [7, 11) is 0. The van der Waals surface area contributed by atoms with Crippen molar-refractivity contribution in [2.75, 3.05) is 23.0 Å². The molecule has 0 saturated heterocycles. The van der Waals surface area contributed by atoms with Crippen LogP contribution in [0.4, 0.5) is 0 Å². The Morgan fingerprint density at radius 3 is 1.17 bits per heavy atom. The zero-order chi connectivity index (χ0) is 20.9. The van der Waals surface area contributed by atoms with E-state index in [1.54, 1.807) is 0 Å². The molecule has 0 N–H and O–H groups in total. The summed E-state index contributed by atoms with van der Waals surface area (Å²) in [5.74, 6) is 8.04. The molecule has 0 bridgehead atoms. The first kappa shape index (κ1) is 26.1. The molecule has 2 atom stereocenters. The van der Waals surface area contributed by atoms with Crippen molar-refractivity contribution in [1.82, 2.24) is 0 Å². The lowest BCUT2D eigenvalue weighted by Crippen LogP contribution is -2.11.